The maximum Gasteiger partial charge on any atom is 0.268 e. The summed E-state index contributed by atoms with van der Waals surface area (Å²) in [6, 6.07) is 11.3. The molecular formula is C15H12N4OS. The van der Waals surface area contributed by atoms with Crippen molar-refractivity contribution in [2.24, 2.45) is 0 Å². The van der Waals surface area contributed by atoms with Gasteiger partial charge in [-0.2, -0.15) is 5.26 Å². The lowest BCUT2D eigenvalue weighted by Crippen LogP contribution is -2.18. The molecule has 2 N–H and O–H groups in total. The molecule has 3 rings (SSSR count). The molecule has 0 fully saturated rings. The molecule has 1 aromatic carbocycles. The standard InChI is InChI=1S/C15H12N4OS/c16-7-10-1-3-11(4-2-10)8-17-9-13-18-12-5-6-21-14(12)15(20)19-13/h1-6,17H,8-9H2,(H,18,19,20). The van der Waals surface area contributed by atoms with Gasteiger partial charge in [0.2, 0.25) is 0 Å². The van der Waals surface area contributed by atoms with Crippen molar-refractivity contribution in [1.82, 2.24) is 15.3 Å². The molecule has 0 aliphatic carbocycles. The molecule has 6 heteroatoms. The third-order valence-corrected chi connectivity index (χ3v) is 3.97. The van der Waals surface area contributed by atoms with Crippen molar-refractivity contribution in [3.8, 4) is 6.07 Å². The van der Waals surface area contributed by atoms with Crippen molar-refractivity contribution in [2.75, 3.05) is 0 Å². The van der Waals surface area contributed by atoms with Gasteiger partial charge < -0.3 is 10.3 Å². The van der Waals surface area contributed by atoms with E-state index < -0.39 is 0 Å². The Balaban J connectivity index is 1.66. The Hall–Kier alpha value is -2.49. The SMILES string of the molecule is N#Cc1ccc(CNCc2nc3ccsc3c(=O)[nH]2)cc1. The van der Waals surface area contributed by atoms with Gasteiger partial charge in [-0.15, -0.1) is 11.3 Å². The number of rotatable bonds is 4. The molecule has 5 nitrogen and oxygen atoms in total. The van der Waals surface area contributed by atoms with E-state index in [0.717, 1.165) is 11.1 Å². The van der Waals surface area contributed by atoms with Crippen molar-refractivity contribution in [1.29, 1.82) is 5.26 Å². The summed E-state index contributed by atoms with van der Waals surface area (Å²) in [7, 11) is 0. The van der Waals surface area contributed by atoms with Crippen LogP contribution in [-0.2, 0) is 13.1 Å². The van der Waals surface area contributed by atoms with Crippen molar-refractivity contribution in [3.05, 3.63) is 63.0 Å². The molecule has 0 spiro atoms. The second-order valence-electron chi connectivity index (χ2n) is 4.56. The van der Waals surface area contributed by atoms with E-state index in [2.05, 4.69) is 21.4 Å². The zero-order valence-electron chi connectivity index (χ0n) is 11.1. The van der Waals surface area contributed by atoms with Gasteiger partial charge in [0, 0.05) is 6.54 Å². The van der Waals surface area contributed by atoms with Gasteiger partial charge in [-0.25, -0.2) is 4.98 Å². The lowest BCUT2D eigenvalue weighted by Gasteiger charge is -2.05. The Kier molecular flexibility index (Phi) is 3.77. The van der Waals surface area contributed by atoms with Gasteiger partial charge in [-0.1, -0.05) is 12.1 Å². The Labute approximate surface area is 124 Å². The number of H-pyrrole nitrogens is 1. The number of hydrogen-bond acceptors (Lipinski definition) is 5. The van der Waals surface area contributed by atoms with E-state index in [0.29, 0.717) is 29.2 Å². The number of nitrogens with one attached hydrogen (secondary N) is 2. The van der Waals surface area contributed by atoms with E-state index >= 15 is 0 Å². The van der Waals surface area contributed by atoms with E-state index in [1.165, 1.54) is 11.3 Å². The fourth-order valence-electron chi connectivity index (χ4n) is 2.03. The molecule has 0 unspecified atom stereocenters. The third-order valence-electron chi connectivity index (χ3n) is 3.07. The lowest BCUT2D eigenvalue weighted by atomic mass is 10.1. The first-order valence-electron chi connectivity index (χ1n) is 6.42. The van der Waals surface area contributed by atoms with Crippen LogP contribution in [0.4, 0.5) is 0 Å². The fourth-order valence-corrected chi connectivity index (χ4v) is 2.75. The highest BCUT2D eigenvalue weighted by molar-refractivity contribution is 7.17. The summed E-state index contributed by atoms with van der Waals surface area (Å²) >= 11 is 1.39. The Morgan fingerprint density at radius 3 is 2.81 bits per heavy atom. The van der Waals surface area contributed by atoms with E-state index in [4.69, 9.17) is 5.26 Å². The second-order valence-corrected chi connectivity index (χ2v) is 5.48. The van der Waals surface area contributed by atoms with Crippen molar-refractivity contribution < 1.29 is 0 Å². The molecule has 0 bridgehead atoms. The molecule has 104 valence electrons. The van der Waals surface area contributed by atoms with Gasteiger partial charge in [0.1, 0.15) is 10.5 Å². The minimum absolute atomic E-state index is 0.0924. The van der Waals surface area contributed by atoms with Crippen LogP contribution >= 0.6 is 11.3 Å². The van der Waals surface area contributed by atoms with Crippen LogP contribution in [0.2, 0.25) is 0 Å². The summed E-state index contributed by atoms with van der Waals surface area (Å²) in [5.74, 6) is 0.625. The zero-order valence-corrected chi connectivity index (χ0v) is 11.9. The smallest absolute Gasteiger partial charge is 0.268 e. The predicted octanol–water partition coefficient (Wildman–Crippen LogP) is 2.15. The lowest BCUT2D eigenvalue weighted by molar-refractivity contribution is 0.663. The molecule has 0 saturated carbocycles. The predicted molar refractivity (Wildman–Crippen MR) is 81.9 cm³/mol. The maximum absolute atomic E-state index is 11.8. The van der Waals surface area contributed by atoms with Crippen LogP contribution in [0, 0.1) is 11.3 Å². The number of aromatic nitrogens is 2. The van der Waals surface area contributed by atoms with Gasteiger partial charge >= 0.3 is 0 Å². The van der Waals surface area contributed by atoms with Gasteiger partial charge in [-0.05, 0) is 29.1 Å². The molecule has 3 aromatic rings. The first kappa shape index (κ1) is 13.5. The first-order valence-corrected chi connectivity index (χ1v) is 7.30. The summed E-state index contributed by atoms with van der Waals surface area (Å²) in [5.41, 5.74) is 2.37. The summed E-state index contributed by atoms with van der Waals surface area (Å²) < 4.78 is 0.658. The van der Waals surface area contributed by atoms with E-state index in [-0.39, 0.29) is 5.56 Å². The number of thiophene rings is 1. The largest absolute Gasteiger partial charge is 0.308 e. The van der Waals surface area contributed by atoms with Gasteiger partial charge in [0.15, 0.2) is 0 Å². The number of aromatic amines is 1. The number of benzene rings is 1. The molecule has 2 heterocycles. The van der Waals surface area contributed by atoms with Gasteiger partial charge in [0.05, 0.1) is 23.7 Å². The maximum atomic E-state index is 11.8. The summed E-state index contributed by atoms with van der Waals surface area (Å²) in [4.78, 5) is 19.0. The Morgan fingerprint density at radius 1 is 1.24 bits per heavy atom. The van der Waals surface area contributed by atoms with Crippen LogP contribution in [0.15, 0.2) is 40.5 Å². The van der Waals surface area contributed by atoms with Crippen LogP contribution in [0.3, 0.4) is 0 Å². The first-order chi connectivity index (χ1) is 10.3. The summed E-state index contributed by atoms with van der Waals surface area (Å²) in [6.07, 6.45) is 0. The number of nitriles is 1. The minimum Gasteiger partial charge on any atom is -0.308 e. The van der Waals surface area contributed by atoms with Crippen molar-refractivity contribution in [2.45, 2.75) is 13.1 Å². The average Bonchev–Trinajstić information content (AvgIpc) is 2.97. The van der Waals surface area contributed by atoms with Crippen LogP contribution < -0.4 is 10.9 Å². The molecule has 0 amide bonds. The molecule has 21 heavy (non-hydrogen) atoms. The van der Waals surface area contributed by atoms with Crippen LogP contribution in [0.1, 0.15) is 17.0 Å². The second kappa shape index (κ2) is 5.87. The van der Waals surface area contributed by atoms with Gasteiger partial charge in [0.25, 0.3) is 5.56 Å². The normalized spacial score (nSPS) is 10.6. The monoisotopic (exact) mass is 296 g/mol. The quantitative estimate of drug-likeness (QED) is 0.773. The Bertz CT molecular complexity index is 858. The molecule has 0 saturated heterocycles. The summed E-state index contributed by atoms with van der Waals surface area (Å²) in [6.45, 7) is 1.14. The van der Waals surface area contributed by atoms with Gasteiger partial charge in [-0.3, -0.25) is 4.79 Å². The molecule has 2 aromatic heterocycles. The topological polar surface area (TPSA) is 81.6 Å². The number of hydrogen-bond donors (Lipinski definition) is 2. The molecule has 0 aliphatic heterocycles. The molecular weight excluding hydrogens is 284 g/mol. The highest BCUT2D eigenvalue weighted by Gasteiger charge is 2.04. The Morgan fingerprint density at radius 2 is 2.05 bits per heavy atom. The van der Waals surface area contributed by atoms with Crippen LogP contribution in [0.25, 0.3) is 10.2 Å². The minimum atomic E-state index is -0.0924. The number of nitrogens with zero attached hydrogens (tertiary/aromatic N) is 2. The highest BCUT2D eigenvalue weighted by atomic mass is 32.1. The zero-order chi connectivity index (χ0) is 14.7. The van der Waals surface area contributed by atoms with Crippen LogP contribution in [-0.4, -0.2) is 9.97 Å². The van der Waals surface area contributed by atoms with E-state index in [1.54, 1.807) is 12.1 Å². The summed E-state index contributed by atoms with van der Waals surface area (Å²) in [5, 5.41) is 13.8. The number of fused-ring (bicyclic) bond motifs is 1. The third kappa shape index (κ3) is 2.99. The molecule has 0 atom stereocenters. The fraction of sp³-hybridized carbons (Fsp3) is 0.133. The average molecular weight is 296 g/mol. The van der Waals surface area contributed by atoms with Crippen LogP contribution in [0.5, 0.6) is 0 Å². The van der Waals surface area contributed by atoms with Crippen molar-refractivity contribution in [3.63, 3.8) is 0 Å². The molecule has 0 radical (unpaired) electrons. The van der Waals surface area contributed by atoms with Crippen molar-refractivity contribution >= 4 is 21.6 Å². The molecule has 0 aliphatic rings. The van der Waals surface area contributed by atoms with E-state index in [9.17, 15) is 4.79 Å². The highest BCUT2D eigenvalue weighted by Crippen LogP contribution is 2.13. The van der Waals surface area contributed by atoms with E-state index in [1.807, 2.05) is 23.6 Å².